The molecule has 22 heavy (non-hydrogen) atoms. The first-order valence-electron chi connectivity index (χ1n) is 7.86. The van der Waals surface area contributed by atoms with Crippen LogP contribution < -0.4 is 5.32 Å². The molecule has 2 N–H and O–H groups in total. The normalized spacial score (nSPS) is 23.7. The third kappa shape index (κ3) is 3.44. The predicted octanol–water partition coefficient (Wildman–Crippen LogP) is 2.22. The number of nitrogens with zero attached hydrogens (tertiary/aromatic N) is 2. The molecule has 1 fully saturated rings. The van der Waals surface area contributed by atoms with Crippen LogP contribution in [0.3, 0.4) is 0 Å². The lowest BCUT2D eigenvalue weighted by Crippen LogP contribution is -2.37. The summed E-state index contributed by atoms with van der Waals surface area (Å²) in [5, 5.41) is 11.4. The van der Waals surface area contributed by atoms with Crippen molar-refractivity contribution in [3.63, 3.8) is 0 Å². The second-order valence-electron chi connectivity index (χ2n) is 5.92. The molecule has 0 radical (unpaired) electrons. The zero-order valence-corrected chi connectivity index (χ0v) is 14.9. The van der Waals surface area contributed by atoms with Crippen molar-refractivity contribution in [1.82, 2.24) is 20.4 Å². The number of hydrogen-bond donors (Lipinski definition) is 2. The first kappa shape index (κ1) is 17.6. The minimum Gasteiger partial charge on any atom is -0.337 e. The number of aromatic amines is 1. The number of halogens is 1. The third-order valence-corrected chi connectivity index (χ3v) is 5.87. The molecule has 1 amide bonds. The average Bonchev–Trinajstić information content (AvgIpc) is 3.13. The number of fused-ring (bicyclic) bond motifs is 1. The summed E-state index contributed by atoms with van der Waals surface area (Å²) in [6, 6.07) is 0.366. The Bertz CT molecular complexity index is 522. The zero-order chi connectivity index (χ0) is 14.8. The van der Waals surface area contributed by atoms with E-state index in [0.717, 1.165) is 49.4 Å². The summed E-state index contributed by atoms with van der Waals surface area (Å²) in [5.41, 5.74) is 2.80. The quantitative estimate of drug-likeness (QED) is 0.879. The van der Waals surface area contributed by atoms with Crippen molar-refractivity contribution in [2.24, 2.45) is 0 Å². The Morgan fingerprint density at radius 1 is 1.45 bits per heavy atom. The second-order valence-corrected chi connectivity index (χ2v) is 7.49. The van der Waals surface area contributed by atoms with Gasteiger partial charge in [-0.2, -0.15) is 16.9 Å². The lowest BCUT2D eigenvalue weighted by molar-refractivity contribution is 0.0728. The Hall–Kier alpha value is -0.720. The highest BCUT2D eigenvalue weighted by atomic mass is 35.5. The second kappa shape index (κ2) is 7.70. The van der Waals surface area contributed by atoms with E-state index in [-0.39, 0.29) is 18.3 Å². The summed E-state index contributed by atoms with van der Waals surface area (Å²) in [4.78, 5) is 14.7. The van der Waals surface area contributed by atoms with Gasteiger partial charge in [0.1, 0.15) is 0 Å². The van der Waals surface area contributed by atoms with Crippen LogP contribution in [0, 0.1) is 0 Å². The summed E-state index contributed by atoms with van der Waals surface area (Å²) in [6.07, 6.45) is 4.38. The molecule has 3 rings (SSSR count). The Balaban J connectivity index is 0.00000176. The van der Waals surface area contributed by atoms with Gasteiger partial charge in [-0.15, -0.1) is 12.4 Å². The van der Waals surface area contributed by atoms with Crippen LogP contribution in [0.5, 0.6) is 0 Å². The number of thioether (sulfide) groups is 1. The van der Waals surface area contributed by atoms with Gasteiger partial charge in [-0.1, -0.05) is 6.92 Å². The largest absolute Gasteiger partial charge is 0.337 e. The molecule has 0 aromatic carbocycles. The standard InChI is InChI=1S/C15H24N4OS.ClH/c1-3-21-11-5-4-10(8-11)19(2)15(20)14-12-9-16-7-6-13(12)17-18-14;/h10-11,16H,3-9H2,1-2H3,(H,17,18);1H. The van der Waals surface area contributed by atoms with Gasteiger partial charge >= 0.3 is 0 Å². The molecule has 2 unspecified atom stereocenters. The summed E-state index contributed by atoms with van der Waals surface area (Å²) in [6.45, 7) is 3.91. The van der Waals surface area contributed by atoms with Crippen LogP contribution in [0.2, 0.25) is 0 Å². The highest BCUT2D eigenvalue weighted by molar-refractivity contribution is 7.99. The van der Waals surface area contributed by atoms with Crippen LogP contribution in [-0.4, -0.2) is 51.6 Å². The fraction of sp³-hybridized carbons (Fsp3) is 0.733. The average molecular weight is 345 g/mol. The monoisotopic (exact) mass is 344 g/mol. The van der Waals surface area contributed by atoms with E-state index < -0.39 is 0 Å². The lowest BCUT2D eigenvalue weighted by Gasteiger charge is -2.24. The van der Waals surface area contributed by atoms with Crippen LogP contribution in [0.15, 0.2) is 0 Å². The maximum Gasteiger partial charge on any atom is 0.274 e. The van der Waals surface area contributed by atoms with Crippen molar-refractivity contribution >= 4 is 30.1 Å². The van der Waals surface area contributed by atoms with E-state index in [2.05, 4.69) is 22.4 Å². The van der Waals surface area contributed by atoms with Crippen LogP contribution in [0.25, 0.3) is 0 Å². The van der Waals surface area contributed by atoms with E-state index >= 15 is 0 Å². The van der Waals surface area contributed by atoms with Crippen LogP contribution in [-0.2, 0) is 13.0 Å². The number of rotatable bonds is 4. The maximum absolute atomic E-state index is 12.7. The number of aromatic nitrogens is 2. The van der Waals surface area contributed by atoms with E-state index in [1.54, 1.807) is 0 Å². The first-order valence-corrected chi connectivity index (χ1v) is 8.91. The van der Waals surface area contributed by atoms with Gasteiger partial charge in [0.15, 0.2) is 5.69 Å². The molecular weight excluding hydrogens is 320 g/mol. The molecular formula is C15H25ClN4OS. The topological polar surface area (TPSA) is 61.0 Å². The lowest BCUT2D eigenvalue weighted by atomic mass is 10.1. The van der Waals surface area contributed by atoms with E-state index in [4.69, 9.17) is 0 Å². The molecule has 2 atom stereocenters. The van der Waals surface area contributed by atoms with E-state index in [0.29, 0.717) is 17.0 Å². The molecule has 1 aliphatic heterocycles. The molecule has 1 aliphatic carbocycles. The van der Waals surface area contributed by atoms with E-state index in [9.17, 15) is 4.79 Å². The number of nitrogens with one attached hydrogen (secondary N) is 2. The van der Waals surface area contributed by atoms with Gasteiger partial charge in [-0.05, 0) is 25.0 Å². The molecule has 2 heterocycles. The SMILES string of the molecule is CCSC1CCC(N(C)C(=O)c2n[nH]c3c2CNCC3)C1.Cl. The first-order chi connectivity index (χ1) is 10.2. The van der Waals surface area contributed by atoms with Crippen molar-refractivity contribution in [2.75, 3.05) is 19.3 Å². The fourth-order valence-corrected chi connectivity index (χ4v) is 4.52. The Labute approximate surface area is 142 Å². The van der Waals surface area contributed by atoms with Crippen LogP contribution in [0.1, 0.15) is 47.9 Å². The van der Waals surface area contributed by atoms with Gasteiger partial charge < -0.3 is 10.2 Å². The molecule has 124 valence electrons. The molecule has 7 heteroatoms. The van der Waals surface area contributed by atoms with Gasteiger partial charge in [0.05, 0.1) is 0 Å². The Morgan fingerprint density at radius 3 is 3.05 bits per heavy atom. The molecule has 2 aliphatic rings. The molecule has 0 spiro atoms. The van der Waals surface area contributed by atoms with Gasteiger partial charge in [0.2, 0.25) is 0 Å². The van der Waals surface area contributed by atoms with Crippen LogP contribution in [0.4, 0.5) is 0 Å². The van der Waals surface area contributed by atoms with Gasteiger partial charge in [-0.3, -0.25) is 9.89 Å². The van der Waals surface area contributed by atoms with Gasteiger partial charge in [0, 0.05) is 49.1 Å². The maximum atomic E-state index is 12.7. The summed E-state index contributed by atoms with van der Waals surface area (Å²) in [7, 11) is 1.93. The van der Waals surface area contributed by atoms with Crippen molar-refractivity contribution < 1.29 is 4.79 Å². The Morgan fingerprint density at radius 2 is 2.27 bits per heavy atom. The fourth-order valence-electron chi connectivity index (χ4n) is 3.39. The van der Waals surface area contributed by atoms with E-state index in [1.807, 2.05) is 23.7 Å². The third-order valence-electron chi connectivity index (χ3n) is 4.64. The molecule has 1 saturated carbocycles. The van der Waals surface area contributed by atoms with Crippen LogP contribution >= 0.6 is 24.2 Å². The number of carbonyl (C=O) groups is 1. The van der Waals surface area contributed by atoms with Crippen molar-refractivity contribution in [2.45, 2.75) is 50.4 Å². The molecule has 1 aromatic rings. The molecule has 1 aromatic heterocycles. The highest BCUT2D eigenvalue weighted by Crippen LogP contribution is 2.32. The van der Waals surface area contributed by atoms with Gasteiger partial charge in [-0.25, -0.2) is 0 Å². The number of hydrogen-bond acceptors (Lipinski definition) is 4. The molecule has 0 bridgehead atoms. The highest BCUT2D eigenvalue weighted by Gasteiger charge is 2.32. The molecule has 0 saturated heterocycles. The van der Waals surface area contributed by atoms with Crippen molar-refractivity contribution in [3.05, 3.63) is 17.0 Å². The van der Waals surface area contributed by atoms with Gasteiger partial charge in [0.25, 0.3) is 5.91 Å². The van der Waals surface area contributed by atoms with Crippen molar-refractivity contribution in [1.29, 1.82) is 0 Å². The minimum absolute atomic E-state index is 0. The van der Waals surface area contributed by atoms with Crippen molar-refractivity contribution in [3.8, 4) is 0 Å². The summed E-state index contributed by atoms with van der Waals surface area (Å²) < 4.78 is 0. The molecule has 5 nitrogen and oxygen atoms in total. The summed E-state index contributed by atoms with van der Waals surface area (Å²) in [5.74, 6) is 1.23. The van der Waals surface area contributed by atoms with E-state index in [1.165, 1.54) is 6.42 Å². The zero-order valence-electron chi connectivity index (χ0n) is 13.2. The minimum atomic E-state index is 0. The number of H-pyrrole nitrogens is 1. The smallest absolute Gasteiger partial charge is 0.274 e. The number of amides is 1. The predicted molar refractivity (Wildman–Crippen MR) is 92.9 cm³/mol. The summed E-state index contributed by atoms with van der Waals surface area (Å²) >= 11 is 2.02. The number of carbonyl (C=O) groups excluding carboxylic acids is 1. The Kier molecular flexibility index (Phi) is 6.17.